The summed E-state index contributed by atoms with van der Waals surface area (Å²) < 4.78 is 13.7. The molecule has 0 unspecified atom stereocenters. The number of hydrogen-bond acceptors (Lipinski definition) is 3. The second-order valence-electron chi connectivity index (χ2n) is 5.95. The van der Waals surface area contributed by atoms with Crippen LogP contribution in [0.15, 0.2) is 30.3 Å². The van der Waals surface area contributed by atoms with Gasteiger partial charge in [-0.05, 0) is 18.6 Å². The molecule has 1 heterocycles. The third-order valence-corrected chi connectivity index (χ3v) is 4.19. The summed E-state index contributed by atoms with van der Waals surface area (Å²) in [4.78, 5) is 27.3. The Kier molecular flexibility index (Phi) is 6.49. The van der Waals surface area contributed by atoms with Gasteiger partial charge in [0, 0.05) is 57.8 Å². The quantitative estimate of drug-likeness (QED) is 0.831. The van der Waals surface area contributed by atoms with Crippen molar-refractivity contribution in [2.45, 2.75) is 13.8 Å². The van der Waals surface area contributed by atoms with E-state index in [1.807, 2.05) is 4.90 Å². The first kappa shape index (κ1) is 18.1. The van der Waals surface area contributed by atoms with Crippen LogP contribution in [0.4, 0.5) is 4.39 Å². The zero-order valence-electron chi connectivity index (χ0n) is 14.2. The van der Waals surface area contributed by atoms with Crippen molar-refractivity contribution in [3.63, 3.8) is 0 Å². The predicted octanol–water partition coefficient (Wildman–Crippen LogP) is 1.51. The van der Waals surface area contributed by atoms with Crippen molar-refractivity contribution in [3.8, 4) is 0 Å². The third kappa shape index (κ3) is 5.16. The van der Waals surface area contributed by atoms with E-state index in [2.05, 4.69) is 10.2 Å². The summed E-state index contributed by atoms with van der Waals surface area (Å²) >= 11 is 0. The van der Waals surface area contributed by atoms with Gasteiger partial charge in [-0.25, -0.2) is 4.39 Å². The second-order valence-corrected chi connectivity index (χ2v) is 5.95. The van der Waals surface area contributed by atoms with E-state index in [1.54, 1.807) is 32.0 Å². The molecule has 0 saturated carbocycles. The number of carbonyl (C=O) groups is 2. The number of nitrogens with one attached hydrogen (secondary N) is 1. The van der Waals surface area contributed by atoms with Crippen molar-refractivity contribution in [1.29, 1.82) is 0 Å². The molecule has 0 aromatic heterocycles. The van der Waals surface area contributed by atoms with Crippen molar-refractivity contribution in [3.05, 3.63) is 41.7 Å². The highest BCUT2D eigenvalue weighted by molar-refractivity contribution is 5.94. The van der Waals surface area contributed by atoms with Crippen molar-refractivity contribution in [2.75, 3.05) is 39.3 Å². The van der Waals surface area contributed by atoms with Crippen molar-refractivity contribution < 1.29 is 14.0 Å². The van der Waals surface area contributed by atoms with Gasteiger partial charge in [0.15, 0.2) is 0 Å². The summed E-state index contributed by atoms with van der Waals surface area (Å²) in [6.45, 7) is 7.67. The zero-order chi connectivity index (χ0) is 17.5. The fourth-order valence-corrected chi connectivity index (χ4v) is 2.73. The number of amides is 2. The van der Waals surface area contributed by atoms with Gasteiger partial charge in [0.05, 0.1) is 0 Å². The monoisotopic (exact) mass is 333 g/mol. The van der Waals surface area contributed by atoms with Gasteiger partial charge in [-0.1, -0.05) is 18.2 Å². The molecule has 5 nitrogen and oxygen atoms in total. The molecule has 130 valence electrons. The molecule has 1 fully saturated rings. The number of benzene rings is 1. The van der Waals surface area contributed by atoms with Crippen LogP contribution in [0.3, 0.4) is 0 Å². The number of piperazine rings is 1. The van der Waals surface area contributed by atoms with Crippen LogP contribution in [-0.2, 0) is 9.59 Å². The normalized spacial score (nSPS) is 16.1. The molecule has 2 rings (SSSR count). The summed E-state index contributed by atoms with van der Waals surface area (Å²) in [5.74, 6) is -0.447. The molecule has 1 N–H and O–H groups in total. The highest BCUT2D eigenvalue weighted by Gasteiger charge is 2.17. The molecule has 0 aliphatic carbocycles. The van der Waals surface area contributed by atoms with E-state index in [1.165, 1.54) is 12.1 Å². The van der Waals surface area contributed by atoms with Crippen LogP contribution >= 0.6 is 0 Å². The topological polar surface area (TPSA) is 52.7 Å². The number of halogens is 1. The fourth-order valence-electron chi connectivity index (χ4n) is 2.73. The summed E-state index contributed by atoms with van der Waals surface area (Å²) in [7, 11) is 0. The molecule has 1 aromatic carbocycles. The molecule has 0 bridgehead atoms. The van der Waals surface area contributed by atoms with Gasteiger partial charge in [-0.3, -0.25) is 14.5 Å². The van der Waals surface area contributed by atoms with Gasteiger partial charge < -0.3 is 10.2 Å². The lowest BCUT2D eigenvalue weighted by Crippen LogP contribution is -2.49. The zero-order valence-corrected chi connectivity index (χ0v) is 14.2. The van der Waals surface area contributed by atoms with E-state index < -0.39 is 0 Å². The standard InChI is InChI=1S/C18H24FN3O2/c1-14(16-5-3-4-6-17(16)19)13-18(24)20-7-8-21-9-11-22(12-10-21)15(2)23/h3-6,13H,7-12H2,1-2H3,(H,20,24)/b14-13+. The van der Waals surface area contributed by atoms with Gasteiger partial charge in [-0.2, -0.15) is 0 Å². The molecule has 1 aliphatic rings. The molecule has 1 aliphatic heterocycles. The van der Waals surface area contributed by atoms with Crippen LogP contribution in [0.1, 0.15) is 19.4 Å². The van der Waals surface area contributed by atoms with Gasteiger partial charge in [-0.15, -0.1) is 0 Å². The molecule has 6 heteroatoms. The number of nitrogens with zero attached hydrogens (tertiary/aromatic N) is 2. The molecule has 0 spiro atoms. The van der Waals surface area contributed by atoms with Crippen LogP contribution in [0.5, 0.6) is 0 Å². The minimum absolute atomic E-state index is 0.108. The van der Waals surface area contributed by atoms with E-state index in [4.69, 9.17) is 0 Å². The molecular weight excluding hydrogens is 309 g/mol. The minimum atomic E-state index is -0.331. The minimum Gasteiger partial charge on any atom is -0.351 e. The Labute approximate surface area is 142 Å². The summed E-state index contributed by atoms with van der Waals surface area (Å²) in [6.07, 6.45) is 1.42. The molecule has 1 aromatic rings. The smallest absolute Gasteiger partial charge is 0.244 e. The lowest BCUT2D eigenvalue weighted by molar-refractivity contribution is -0.130. The highest BCUT2D eigenvalue weighted by atomic mass is 19.1. The Balaban J connectivity index is 1.75. The maximum Gasteiger partial charge on any atom is 0.244 e. The van der Waals surface area contributed by atoms with Crippen molar-refractivity contribution in [1.82, 2.24) is 15.1 Å². The summed E-state index contributed by atoms with van der Waals surface area (Å²) in [5, 5.41) is 2.82. The Morgan fingerprint density at radius 1 is 1.17 bits per heavy atom. The average Bonchev–Trinajstić information content (AvgIpc) is 2.55. The Hall–Kier alpha value is -2.21. The van der Waals surface area contributed by atoms with E-state index in [9.17, 15) is 14.0 Å². The number of hydrogen-bond donors (Lipinski definition) is 1. The van der Waals surface area contributed by atoms with Gasteiger partial charge in [0.2, 0.25) is 11.8 Å². The fraction of sp³-hybridized carbons (Fsp3) is 0.444. The van der Waals surface area contributed by atoms with Crippen LogP contribution in [-0.4, -0.2) is 60.9 Å². The first-order chi connectivity index (χ1) is 11.5. The lowest BCUT2D eigenvalue weighted by Gasteiger charge is -2.34. The van der Waals surface area contributed by atoms with Crippen molar-refractivity contribution in [2.24, 2.45) is 0 Å². The van der Waals surface area contributed by atoms with Gasteiger partial charge in [0.25, 0.3) is 0 Å². The van der Waals surface area contributed by atoms with Crippen LogP contribution in [0.25, 0.3) is 5.57 Å². The number of carbonyl (C=O) groups excluding carboxylic acids is 2. The van der Waals surface area contributed by atoms with E-state index in [-0.39, 0.29) is 17.6 Å². The first-order valence-corrected chi connectivity index (χ1v) is 8.16. The Bertz CT molecular complexity index is 622. The second kappa shape index (κ2) is 8.59. The molecule has 24 heavy (non-hydrogen) atoms. The number of allylic oxidation sites excluding steroid dienone is 1. The maximum atomic E-state index is 13.7. The molecule has 2 amide bonds. The highest BCUT2D eigenvalue weighted by Crippen LogP contribution is 2.16. The lowest BCUT2D eigenvalue weighted by atomic mass is 10.1. The molecular formula is C18H24FN3O2. The molecule has 1 saturated heterocycles. The molecule has 0 radical (unpaired) electrons. The summed E-state index contributed by atoms with van der Waals surface area (Å²) in [5.41, 5.74) is 1.04. The Morgan fingerprint density at radius 3 is 2.46 bits per heavy atom. The van der Waals surface area contributed by atoms with Gasteiger partial charge in [0.1, 0.15) is 5.82 Å². The van der Waals surface area contributed by atoms with Crippen molar-refractivity contribution >= 4 is 17.4 Å². The van der Waals surface area contributed by atoms with E-state index in [0.717, 1.165) is 32.7 Å². The Morgan fingerprint density at radius 2 is 1.83 bits per heavy atom. The molecule has 0 atom stereocenters. The predicted molar refractivity (Wildman–Crippen MR) is 91.8 cm³/mol. The van der Waals surface area contributed by atoms with E-state index >= 15 is 0 Å². The summed E-state index contributed by atoms with van der Waals surface area (Å²) in [6, 6.07) is 6.40. The number of rotatable bonds is 5. The maximum absolute atomic E-state index is 13.7. The largest absolute Gasteiger partial charge is 0.351 e. The first-order valence-electron chi connectivity index (χ1n) is 8.16. The van der Waals surface area contributed by atoms with Crippen LogP contribution < -0.4 is 5.32 Å². The van der Waals surface area contributed by atoms with Crippen LogP contribution in [0.2, 0.25) is 0 Å². The SMILES string of the molecule is CC(=O)N1CCN(CCNC(=O)/C=C(\C)c2ccccc2F)CC1. The van der Waals surface area contributed by atoms with E-state index in [0.29, 0.717) is 17.7 Å². The third-order valence-electron chi connectivity index (χ3n) is 4.19. The van der Waals surface area contributed by atoms with Gasteiger partial charge >= 0.3 is 0 Å². The average molecular weight is 333 g/mol. The van der Waals surface area contributed by atoms with Crippen LogP contribution in [0, 0.1) is 5.82 Å².